The van der Waals surface area contributed by atoms with Crippen molar-refractivity contribution in [3.8, 4) is 11.5 Å². The zero-order valence-corrected chi connectivity index (χ0v) is 17.1. The van der Waals surface area contributed by atoms with E-state index in [2.05, 4.69) is 5.32 Å². The number of amides is 1. The zero-order valence-electron chi connectivity index (χ0n) is 17.1. The number of carbonyl (C=O) groups is 2. The van der Waals surface area contributed by atoms with E-state index in [0.717, 1.165) is 22.5 Å². The number of benzene rings is 3. The van der Waals surface area contributed by atoms with Crippen molar-refractivity contribution < 1.29 is 24.2 Å². The van der Waals surface area contributed by atoms with Crippen LogP contribution in [0.1, 0.15) is 27.7 Å². The van der Waals surface area contributed by atoms with Crippen LogP contribution in [0.2, 0.25) is 0 Å². The van der Waals surface area contributed by atoms with Gasteiger partial charge in [-0.1, -0.05) is 35.9 Å². The number of ether oxygens (including phenoxy) is 2. The average molecular weight is 417 g/mol. The highest BCUT2D eigenvalue weighted by Crippen LogP contribution is 2.39. The predicted octanol–water partition coefficient (Wildman–Crippen LogP) is 2.90. The number of hydrogen-bond acceptors (Lipinski definition) is 6. The number of carbonyl (C=O) groups excluding carboxylic acids is 2. The summed E-state index contributed by atoms with van der Waals surface area (Å²) in [5.74, 6) is -0.817. The average Bonchev–Trinajstić information content (AvgIpc) is 2.78. The second-order valence-corrected chi connectivity index (χ2v) is 7.17. The highest BCUT2D eigenvalue weighted by atomic mass is 16.5. The van der Waals surface area contributed by atoms with Crippen LogP contribution < -0.4 is 24.8 Å². The molecule has 1 N–H and O–H groups in total. The van der Waals surface area contributed by atoms with Crippen LogP contribution in [0.25, 0.3) is 0 Å². The second-order valence-electron chi connectivity index (χ2n) is 7.17. The maximum absolute atomic E-state index is 13.4. The summed E-state index contributed by atoms with van der Waals surface area (Å²) in [5, 5.41) is 14.2. The molecule has 0 saturated heterocycles. The molecule has 7 heteroatoms. The van der Waals surface area contributed by atoms with E-state index in [1.165, 1.54) is 7.11 Å². The zero-order chi connectivity index (χ0) is 22.0. The van der Waals surface area contributed by atoms with E-state index in [0.29, 0.717) is 11.3 Å². The van der Waals surface area contributed by atoms with Gasteiger partial charge in [0, 0.05) is 11.4 Å². The Kier molecular flexibility index (Phi) is 5.49. The molecule has 1 atom stereocenters. The van der Waals surface area contributed by atoms with Gasteiger partial charge in [-0.2, -0.15) is 0 Å². The largest absolute Gasteiger partial charge is 0.546 e. The minimum atomic E-state index is -1.33. The number of methoxy groups -OCH3 is 1. The van der Waals surface area contributed by atoms with Crippen molar-refractivity contribution in [1.29, 1.82) is 0 Å². The molecule has 1 heterocycles. The predicted molar refractivity (Wildman–Crippen MR) is 114 cm³/mol. The number of carboxylic acid groups (broad SMARTS) is 1. The van der Waals surface area contributed by atoms with Crippen LogP contribution >= 0.6 is 0 Å². The maximum atomic E-state index is 13.4. The monoisotopic (exact) mass is 417 g/mol. The van der Waals surface area contributed by atoms with Gasteiger partial charge in [0.15, 0.2) is 11.5 Å². The van der Waals surface area contributed by atoms with Crippen LogP contribution in [0.4, 0.5) is 11.4 Å². The minimum absolute atomic E-state index is 0.126. The smallest absolute Gasteiger partial charge is 0.262 e. The SMILES string of the molecule is COc1cc([C@@H]2Nc3ccccc3C(=O)N2c2ccc(C)cc2)ccc1OCC(=O)[O-]. The number of nitrogens with one attached hydrogen (secondary N) is 1. The van der Waals surface area contributed by atoms with Crippen molar-refractivity contribution in [2.75, 3.05) is 23.9 Å². The minimum Gasteiger partial charge on any atom is -0.546 e. The summed E-state index contributed by atoms with van der Waals surface area (Å²) in [6.07, 6.45) is -0.505. The number of fused-ring (bicyclic) bond motifs is 1. The van der Waals surface area contributed by atoms with Gasteiger partial charge in [-0.05, 0) is 48.9 Å². The van der Waals surface area contributed by atoms with Crippen LogP contribution in [-0.2, 0) is 4.79 Å². The summed E-state index contributed by atoms with van der Waals surface area (Å²) in [6.45, 7) is 1.40. The fourth-order valence-corrected chi connectivity index (χ4v) is 3.57. The van der Waals surface area contributed by atoms with Crippen molar-refractivity contribution in [3.05, 3.63) is 83.4 Å². The summed E-state index contributed by atoms with van der Waals surface area (Å²) in [7, 11) is 1.47. The third kappa shape index (κ3) is 4.02. The lowest BCUT2D eigenvalue weighted by Crippen LogP contribution is -2.43. The number of rotatable bonds is 6. The van der Waals surface area contributed by atoms with Crippen LogP contribution in [0.15, 0.2) is 66.7 Å². The third-order valence-electron chi connectivity index (χ3n) is 5.09. The molecule has 4 rings (SSSR count). The first kappa shape index (κ1) is 20.3. The summed E-state index contributed by atoms with van der Waals surface area (Å²) >= 11 is 0. The summed E-state index contributed by atoms with van der Waals surface area (Å²) in [5.41, 5.74) is 3.91. The Morgan fingerprint density at radius 2 is 1.81 bits per heavy atom. The van der Waals surface area contributed by atoms with Crippen molar-refractivity contribution in [1.82, 2.24) is 0 Å². The van der Waals surface area contributed by atoms with Crippen molar-refractivity contribution in [2.45, 2.75) is 13.1 Å². The van der Waals surface area contributed by atoms with Crippen LogP contribution in [0.5, 0.6) is 11.5 Å². The molecule has 31 heavy (non-hydrogen) atoms. The van der Waals surface area contributed by atoms with Gasteiger partial charge >= 0.3 is 0 Å². The topological polar surface area (TPSA) is 90.9 Å². The van der Waals surface area contributed by atoms with E-state index in [1.807, 2.05) is 49.4 Å². The summed E-state index contributed by atoms with van der Waals surface area (Å²) in [4.78, 5) is 25.9. The molecule has 0 radical (unpaired) electrons. The maximum Gasteiger partial charge on any atom is 0.262 e. The Morgan fingerprint density at radius 3 is 2.52 bits per heavy atom. The second kappa shape index (κ2) is 8.39. The van der Waals surface area contributed by atoms with Gasteiger partial charge in [-0.25, -0.2) is 0 Å². The fourth-order valence-electron chi connectivity index (χ4n) is 3.57. The number of aryl methyl sites for hydroxylation is 1. The molecular weight excluding hydrogens is 396 g/mol. The first-order valence-electron chi connectivity index (χ1n) is 9.74. The highest BCUT2D eigenvalue weighted by Gasteiger charge is 2.34. The fraction of sp³-hybridized carbons (Fsp3) is 0.167. The molecule has 3 aromatic carbocycles. The standard InChI is InChI=1S/C24H22N2O5/c1-15-7-10-17(11-8-15)26-23(25-19-6-4-3-5-18(19)24(26)29)16-9-12-20(21(13-16)30-2)31-14-22(27)28/h3-13,23,25H,14H2,1-2H3,(H,27,28)/p-1/t23-/m1/s1. The Hall–Kier alpha value is -4.00. The van der Waals surface area contributed by atoms with Crippen molar-refractivity contribution in [2.24, 2.45) is 0 Å². The molecule has 1 amide bonds. The Morgan fingerprint density at radius 1 is 1.06 bits per heavy atom. The number of para-hydroxylation sites is 1. The van der Waals surface area contributed by atoms with Crippen LogP contribution in [0, 0.1) is 6.92 Å². The van der Waals surface area contributed by atoms with Crippen LogP contribution in [-0.4, -0.2) is 25.6 Å². The molecule has 7 nitrogen and oxygen atoms in total. The Bertz CT molecular complexity index is 1130. The normalized spacial score (nSPS) is 15.1. The number of carboxylic acids is 1. The molecule has 0 unspecified atom stereocenters. The first-order valence-corrected chi connectivity index (χ1v) is 9.74. The van der Waals surface area contributed by atoms with Crippen molar-refractivity contribution in [3.63, 3.8) is 0 Å². The molecule has 1 aliphatic heterocycles. The van der Waals surface area contributed by atoms with Crippen LogP contribution in [0.3, 0.4) is 0 Å². The first-order chi connectivity index (χ1) is 15.0. The van der Waals surface area contributed by atoms with Gasteiger partial charge in [-0.15, -0.1) is 0 Å². The highest BCUT2D eigenvalue weighted by molar-refractivity contribution is 6.12. The van der Waals surface area contributed by atoms with E-state index >= 15 is 0 Å². The molecule has 158 valence electrons. The molecule has 0 aliphatic carbocycles. The molecule has 0 saturated carbocycles. The quantitative estimate of drug-likeness (QED) is 0.663. The lowest BCUT2D eigenvalue weighted by Gasteiger charge is -2.38. The number of aliphatic carboxylic acids is 1. The third-order valence-corrected chi connectivity index (χ3v) is 5.09. The van der Waals surface area contributed by atoms with Gasteiger partial charge in [0.2, 0.25) is 0 Å². The van der Waals surface area contributed by atoms with Gasteiger partial charge in [0.05, 0.1) is 18.6 Å². The molecule has 1 aliphatic rings. The number of anilines is 2. The van der Waals surface area contributed by atoms with Crippen molar-refractivity contribution >= 4 is 23.3 Å². The number of hydrogen-bond donors (Lipinski definition) is 1. The van der Waals surface area contributed by atoms with E-state index < -0.39 is 18.7 Å². The summed E-state index contributed by atoms with van der Waals surface area (Å²) in [6, 6.07) is 20.2. The molecule has 3 aromatic rings. The molecular formula is C24H21N2O5-. The van der Waals surface area contributed by atoms with E-state index in [9.17, 15) is 14.7 Å². The molecule has 0 bridgehead atoms. The van der Waals surface area contributed by atoms with Gasteiger partial charge in [0.25, 0.3) is 5.91 Å². The molecule has 0 aromatic heterocycles. The number of nitrogens with zero attached hydrogens (tertiary/aromatic N) is 1. The lowest BCUT2D eigenvalue weighted by atomic mass is 10.0. The van der Waals surface area contributed by atoms with Gasteiger partial charge in [-0.3, -0.25) is 9.69 Å². The van der Waals surface area contributed by atoms with E-state index in [1.54, 1.807) is 29.2 Å². The van der Waals surface area contributed by atoms with Gasteiger partial charge < -0.3 is 24.7 Å². The van der Waals surface area contributed by atoms with Gasteiger partial charge in [0.1, 0.15) is 12.8 Å². The summed E-state index contributed by atoms with van der Waals surface area (Å²) < 4.78 is 10.6. The molecule has 0 fully saturated rings. The van der Waals surface area contributed by atoms with E-state index in [-0.39, 0.29) is 11.7 Å². The molecule has 0 spiro atoms. The Balaban J connectivity index is 1.77. The Labute approximate surface area is 179 Å². The lowest BCUT2D eigenvalue weighted by molar-refractivity contribution is -0.307. The van der Waals surface area contributed by atoms with E-state index in [4.69, 9.17) is 9.47 Å².